The number of pyridine rings is 2. The van der Waals surface area contributed by atoms with Gasteiger partial charge in [-0.3, -0.25) is 15.1 Å². The van der Waals surface area contributed by atoms with E-state index < -0.39 is 5.82 Å². The maximum absolute atomic E-state index is 13.7. The lowest BCUT2D eigenvalue weighted by atomic mass is 10.1. The molecule has 5 aromatic rings. The topological polar surface area (TPSA) is 89.6 Å². The van der Waals surface area contributed by atoms with E-state index >= 15 is 0 Å². The maximum atomic E-state index is 13.7. The van der Waals surface area contributed by atoms with Crippen LogP contribution in [0.5, 0.6) is 0 Å². The van der Waals surface area contributed by atoms with E-state index in [4.69, 9.17) is 4.98 Å². The molecule has 32 heavy (non-hydrogen) atoms. The molecule has 0 spiro atoms. The molecule has 1 saturated heterocycles. The fourth-order valence-corrected chi connectivity index (χ4v) is 4.24. The van der Waals surface area contributed by atoms with Crippen molar-refractivity contribution in [3.63, 3.8) is 0 Å². The molecule has 8 nitrogen and oxygen atoms in total. The summed E-state index contributed by atoms with van der Waals surface area (Å²) in [5, 5.41) is 8.38. The van der Waals surface area contributed by atoms with Crippen molar-refractivity contribution in [2.45, 2.75) is 0 Å². The number of likely N-dealkylation sites (N-methyl/N-ethyl adjacent to an activating group) is 1. The number of aromatic amines is 2. The minimum Gasteiger partial charge on any atom is -0.367 e. The molecule has 0 bridgehead atoms. The van der Waals surface area contributed by atoms with Gasteiger partial charge in [0.15, 0.2) is 5.82 Å². The second-order valence-corrected chi connectivity index (χ2v) is 8.13. The number of imidazole rings is 1. The van der Waals surface area contributed by atoms with E-state index in [0.29, 0.717) is 22.8 Å². The molecular weight excluding hydrogens is 407 g/mol. The number of piperazine rings is 1. The summed E-state index contributed by atoms with van der Waals surface area (Å²) in [6.07, 6.45) is 4.47. The van der Waals surface area contributed by atoms with E-state index in [9.17, 15) is 4.39 Å². The minimum absolute atomic E-state index is 0.398. The van der Waals surface area contributed by atoms with E-state index in [0.717, 1.165) is 53.8 Å². The number of para-hydroxylation sites is 1. The van der Waals surface area contributed by atoms with Gasteiger partial charge in [-0.1, -0.05) is 6.07 Å². The molecule has 1 fully saturated rings. The monoisotopic (exact) mass is 428 g/mol. The van der Waals surface area contributed by atoms with Gasteiger partial charge in [0, 0.05) is 43.3 Å². The third-order valence-electron chi connectivity index (χ3n) is 6.01. The molecule has 0 atom stereocenters. The zero-order chi connectivity index (χ0) is 21.7. The summed E-state index contributed by atoms with van der Waals surface area (Å²) in [7, 11) is 2.15. The first-order valence-corrected chi connectivity index (χ1v) is 10.5. The van der Waals surface area contributed by atoms with Gasteiger partial charge in [0.05, 0.1) is 34.8 Å². The molecule has 0 aliphatic carbocycles. The molecule has 0 radical (unpaired) electrons. The highest BCUT2D eigenvalue weighted by molar-refractivity contribution is 5.96. The Balaban J connectivity index is 1.44. The number of fused-ring (bicyclic) bond motifs is 2. The number of anilines is 1. The summed E-state index contributed by atoms with van der Waals surface area (Å²) in [6, 6.07) is 9.52. The van der Waals surface area contributed by atoms with Crippen molar-refractivity contribution < 1.29 is 4.39 Å². The third-order valence-corrected chi connectivity index (χ3v) is 6.01. The normalized spacial score (nSPS) is 15.1. The number of nitrogens with one attached hydrogen (secondary N) is 2. The van der Waals surface area contributed by atoms with Crippen LogP contribution < -0.4 is 4.90 Å². The molecule has 1 aliphatic rings. The van der Waals surface area contributed by atoms with Crippen LogP contribution in [0.3, 0.4) is 0 Å². The van der Waals surface area contributed by atoms with Gasteiger partial charge in [-0.2, -0.15) is 5.10 Å². The molecule has 2 N–H and O–H groups in total. The lowest BCUT2D eigenvalue weighted by molar-refractivity contribution is 0.313. The van der Waals surface area contributed by atoms with Gasteiger partial charge in [0.2, 0.25) is 0 Å². The first kappa shape index (κ1) is 18.9. The molecule has 0 unspecified atom stereocenters. The lowest BCUT2D eigenvalue weighted by Gasteiger charge is -2.34. The SMILES string of the molecule is CN1CCN(c2cccc3[nH]c(-c4n[nH]c5cnc(-c6cncc(F)c6)cc45)nc23)CC1. The molecular formula is C23H21FN8. The van der Waals surface area contributed by atoms with Crippen LogP contribution in [0.1, 0.15) is 0 Å². The molecule has 5 heterocycles. The van der Waals surface area contributed by atoms with E-state index in [2.05, 4.69) is 54.1 Å². The number of benzene rings is 1. The fraction of sp³-hybridized carbons (Fsp3) is 0.217. The van der Waals surface area contributed by atoms with Gasteiger partial charge in [0.25, 0.3) is 0 Å². The van der Waals surface area contributed by atoms with Crippen molar-refractivity contribution in [1.82, 2.24) is 35.0 Å². The lowest BCUT2D eigenvalue weighted by Crippen LogP contribution is -2.44. The van der Waals surface area contributed by atoms with Crippen molar-refractivity contribution in [2.75, 3.05) is 38.1 Å². The van der Waals surface area contributed by atoms with E-state index in [1.165, 1.54) is 12.3 Å². The van der Waals surface area contributed by atoms with Crippen LogP contribution in [0.15, 0.2) is 48.9 Å². The fourth-order valence-electron chi connectivity index (χ4n) is 4.24. The van der Waals surface area contributed by atoms with Gasteiger partial charge in [0.1, 0.15) is 17.0 Å². The van der Waals surface area contributed by atoms with Crippen LogP contribution in [0, 0.1) is 5.82 Å². The van der Waals surface area contributed by atoms with Crippen molar-refractivity contribution in [2.24, 2.45) is 0 Å². The number of H-pyrrole nitrogens is 2. The molecule has 160 valence electrons. The summed E-state index contributed by atoms with van der Waals surface area (Å²) in [5.41, 5.74) is 5.76. The summed E-state index contributed by atoms with van der Waals surface area (Å²) in [6.45, 7) is 4.00. The largest absolute Gasteiger partial charge is 0.367 e. The zero-order valence-electron chi connectivity index (χ0n) is 17.5. The second-order valence-electron chi connectivity index (χ2n) is 8.13. The highest BCUT2D eigenvalue weighted by Gasteiger charge is 2.20. The van der Waals surface area contributed by atoms with Crippen LogP contribution >= 0.6 is 0 Å². The van der Waals surface area contributed by atoms with E-state index in [-0.39, 0.29) is 0 Å². The van der Waals surface area contributed by atoms with Crippen LogP contribution in [-0.2, 0) is 0 Å². The highest BCUT2D eigenvalue weighted by Crippen LogP contribution is 2.32. The first-order chi connectivity index (χ1) is 15.7. The van der Waals surface area contributed by atoms with Gasteiger partial charge < -0.3 is 14.8 Å². The Morgan fingerprint density at radius 3 is 2.72 bits per heavy atom. The molecule has 1 aliphatic heterocycles. The number of rotatable bonds is 3. The zero-order valence-corrected chi connectivity index (χ0v) is 17.5. The van der Waals surface area contributed by atoms with Crippen molar-refractivity contribution in [3.05, 3.63) is 54.7 Å². The molecule has 9 heteroatoms. The van der Waals surface area contributed by atoms with Gasteiger partial charge in [-0.05, 0) is 31.3 Å². The molecule has 0 amide bonds. The second kappa shape index (κ2) is 7.38. The van der Waals surface area contributed by atoms with Crippen LogP contribution in [-0.4, -0.2) is 68.3 Å². The summed E-state index contributed by atoms with van der Waals surface area (Å²) < 4.78 is 13.7. The van der Waals surface area contributed by atoms with Crippen molar-refractivity contribution >= 4 is 27.6 Å². The molecule has 6 rings (SSSR count). The molecule has 0 saturated carbocycles. The number of hydrogen-bond acceptors (Lipinski definition) is 6. The average Bonchev–Trinajstić information content (AvgIpc) is 3.43. The summed E-state index contributed by atoms with van der Waals surface area (Å²) in [4.78, 5) is 21.4. The smallest absolute Gasteiger partial charge is 0.159 e. The quantitative estimate of drug-likeness (QED) is 0.458. The van der Waals surface area contributed by atoms with E-state index in [1.54, 1.807) is 12.4 Å². The summed E-state index contributed by atoms with van der Waals surface area (Å²) >= 11 is 0. The molecule has 4 aromatic heterocycles. The number of hydrogen-bond donors (Lipinski definition) is 2. The number of aromatic nitrogens is 6. The van der Waals surface area contributed by atoms with Crippen LogP contribution in [0.25, 0.3) is 44.7 Å². The Hall–Kier alpha value is -3.85. The average molecular weight is 428 g/mol. The highest BCUT2D eigenvalue weighted by atomic mass is 19.1. The standard InChI is InChI=1S/C23H21FN8/c1-31-5-7-32(8-6-31)20-4-2-3-17-22(20)28-23(27-17)21-16-10-18(26-13-19(16)29-30-21)14-9-15(24)12-25-11-14/h2-4,9-13H,5-8H2,1H3,(H,27,28)(H,29,30). The predicted octanol–water partition coefficient (Wildman–Crippen LogP) is 3.45. The van der Waals surface area contributed by atoms with E-state index in [1.807, 2.05) is 12.1 Å². The predicted molar refractivity (Wildman–Crippen MR) is 122 cm³/mol. The number of nitrogens with zero attached hydrogens (tertiary/aromatic N) is 6. The van der Waals surface area contributed by atoms with Crippen LogP contribution in [0.4, 0.5) is 10.1 Å². The molecule has 1 aromatic carbocycles. The Bertz CT molecular complexity index is 1430. The maximum Gasteiger partial charge on any atom is 0.159 e. The van der Waals surface area contributed by atoms with Gasteiger partial charge >= 0.3 is 0 Å². The van der Waals surface area contributed by atoms with Crippen molar-refractivity contribution in [3.8, 4) is 22.8 Å². The Morgan fingerprint density at radius 2 is 1.88 bits per heavy atom. The Kier molecular flexibility index (Phi) is 4.36. The van der Waals surface area contributed by atoms with Crippen molar-refractivity contribution in [1.29, 1.82) is 0 Å². The minimum atomic E-state index is -0.398. The Morgan fingerprint density at radius 1 is 1.00 bits per heavy atom. The number of halogens is 1. The Labute approximate surface area is 183 Å². The van der Waals surface area contributed by atoms with Crippen LogP contribution in [0.2, 0.25) is 0 Å². The van der Waals surface area contributed by atoms with Gasteiger partial charge in [-0.25, -0.2) is 9.37 Å². The van der Waals surface area contributed by atoms with Gasteiger partial charge in [-0.15, -0.1) is 0 Å². The third kappa shape index (κ3) is 3.18. The summed E-state index contributed by atoms with van der Waals surface area (Å²) in [5.74, 6) is 0.285. The first-order valence-electron chi connectivity index (χ1n) is 10.5.